The fourth-order valence-electron chi connectivity index (χ4n) is 1.12. The highest BCUT2D eigenvalue weighted by molar-refractivity contribution is 5.99. The van der Waals surface area contributed by atoms with Gasteiger partial charge in [0.25, 0.3) is 5.91 Å². The van der Waals surface area contributed by atoms with Gasteiger partial charge in [0.2, 0.25) is 0 Å². The molecule has 0 atom stereocenters. The second-order valence-corrected chi connectivity index (χ2v) is 3.10. The lowest BCUT2D eigenvalue weighted by molar-refractivity contribution is 0.0955. The minimum absolute atomic E-state index is 0.0260. The van der Waals surface area contributed by atoms with E-state index in [1.165, 1.54) is 18.2 Å². The number of amides is 1. The summed E-state index contributed by atoms with van der Waals surface area (Å²) in [7, 11) is 0. The van der Waals surface area contributed by atoms with Crippen LogP contribution in [-0.2, 0) is 0 Å². The van der Waals surface area contributed by atoms with Crippen molar-refractivity contribution in [1.82, 2.24) is 5.32 Å². The molecule has 0 saturated carbocycles. The van der Waals surface area contributed by atoms with Gasteiger partial charge in [-0.25, -0.2) is 0 Å². The molecule has 1 aromatic rings. The van der Waals surface area contributed by atoms with Crippen LogP contribution in [0.25, 0.3) is 0 Å². The molecule has 0 spiro atoms. The van der Waals surface area contributed by atoms with Crippen LogP contribution in [0.2, 0.25) is 0 Å². The summed E-state index contributed by atoms with van der Waals surface area (Å²) >= 11 is 0. The summed E-state index contributed by atoms with van der Waals surface area (Å²) in [5.41, 5.74) is 6.24. The van der Waals surface area contributed by atoms with Crippen LogP contribution >= 0.6 is 0 Å². The molecular formula is C11H14N2O2. The summed E-state index contributed by atoms with van der Waals surface area (Å²) < 4.78 is 0. The Hall–Kier alpha value is -1.97. The molecular weight excluding hydrogens is 192 g/mol. The normalized spacial score (nSPS) is 9.60. The molecule has 4 nitrogen and oxygen atoms in total. The summed E-state index contributed by atoms with van der Waals surface area (Å²) in [5.74, 6) is -0.261. The highest BCUT2D eigenvalue weighted by Gasteiger charge is 2.09. The van der Waals surface area contributed by atoms with E-state index < -0.39 is 0 Å². The smallest absolute Gasteiger partial charge is 0.253 e. The molecule has 0 aromatic heterocycles. The Morgan fingerprint density at radius 1 is 1.60 bits per heavy atom. The molecule has 1 rings (SSSR count). The van der Waals surface area contributed by atoms with Crippen molar-refractivity contribution >= 4 is 11.6 Å². The number of nitrogens with two attached hydrogens (primary N) is 1. The third-order valence-electron chi connectivity index (χ3n) is 1.92. The lowest BCUT2D eigenvalue weighted by Gasteiger charge is -2.06. The maximum Gasteiger partial charge on any atom is 0.253 e. The SMILES string of the molecule is C=CCCNC(=O)c1cc(O)ccc1N. The molecule has 0 aliphatic carbocycles. The second-order valence-electron chi connectivity index (χ2n) is 3.10. The Labute approximate surface area is 88.4 Å². The van der Waals surface area contributed by atoms with Gasteiger partial charge in [-0.3, -0.25) is 4.79 Å². The number of hydrogen-bond donors (Lipinski definition) is 3. The van der Waals surface area contributed by atoms with Crippen LogP contribution in [0.4, 0.5) is 5.69 Å². The lowest BCUT2D eigenvalue weighted by Crippen LogP contribution is -2.24. The molecule has 1 amide bonds. The van der Waals surface area contributed by atoms with E-state index in [2.05, 4.69) is 11.9 Å². The summed E-state index contributed by atoms with van der Waals surface area (Å²) in [6.45, 7) is 4.06. The van der Waals surface area contributed by atoms with Crippen molar-refractivity contribution in [2.24, 2.45) is 0 Å². The largest absolute Gasteiger partial charge is 0.508 e. The van der Waals surface area contributed by atoms with Gasteiger partial charge in [0.15, 0.2) is 0 Å². The van der Waals surface area contributed by atoms with E-state index in [1.807, 2.05) is 0 Å². The fourth-order valence-corrected chi connectivity index (χ4v) is 1.12. The number of anilines is 1. The summed E-state index contributed by atoms with van der Waals surface area (Å²) in [4.78, 5) is 11.6. The van der Waals surface area contributed by atoms with Gasteiger partial charge < -0.3 is 16.2 Å². The van der Waals surface area contributed by atoms with Crippen LogP contribution in [0.5, 0.6) is 5.75 Å². The number of phenols is 1. The van der Waals surface area contributed by atoms with Crippen molar-refractivity contribution in [1.29, 1.82) is 0 Å². The second kappa shape index (κ2) is 5.05. The van der Waals surface area contributed by atoms with Gasteiger partial charge in [-0.1, -0.05) is 6.08 Å². The van der Waals surface area contributed by atoms with Crippen LogP contribution in [0, 0.1) is 0 Å². The number of carbonyl (C=O) groups excluding carboxylic acids is 1. The van der Waals surface area contributed by atoms with Gasteiger partial charge in [0.05, 0.1) is 5.56 Å². The molecule has 0 heterocycles. The van der Waals surface area contributed by atoms with Crippen LogP contribution < -0.4 is 11.1 Å². The van der Waals surface area contributed by atoms with E-state index in [4.69, 9.17) is 5.73 Å². The maximum absolute atomic E-state index is 11.6. The zero-order valence-corrected chi connectivity index (χ0v) is 8.36. The quantitative estimate of drug-likeness (QED) is 0.300. The van der Waals surface area contributed by atoms with Crippen LogP contribution in [0.3, 0.4) is 0 Å². The number of carbonyl (C=O) groups is 1. The van der Waals surface area contributed by atoms with Crippen molar-refractivity contribution in [3.05, 3.63) is 36.4 Å². The molecule has 0 aliphatic heterocycles. The Bertz CT molecular complexity index is 375. The number of rotatable bonds is 4. The van der Waals surface area contributed by atoms with Gasteiger partial charge in [0, 0.05) is 12.2 Å². The maximum atomic E-state index is 11.6. The van der Waals surface area contributed by atoms with Crippen molar-refractivity contribution in [2.45, 2.75) is 6.42 Å². The Morgan fingerprint density at radius 2 is 2.33 bits per heavy atom. The standard InChI is InChI=1S/C11H14N2O2/c1-2-3-6-13-11(15)9-7-8(14)4-5-10(9)12/h2,4-5,7,14H,1,3,6,12H2,(H,13,15). The zero-order valence-electron chi connectivity index (χ0n) is 8.36. The average molecular weight is 206 g/mol. The fraction of sp³-hybridized carbons (Fsp3) is 0.182. The molecule has 1 aromatic carbocycles. The van der Waals surface area contributed by atoms with Crippen molar-refractivity contribution in [3.63, 3.8) is 0 Å². The molecule has 0 radical (unpaired) electrons. The van der Waals surface area contributed by atoms with Gasteiger partial charge in [0.1, 0.15) is 5.75 Å². The molecule has 0 fully saturated rings. The Kier molecular flexibility index (Phi) is 3.74. The highest BCUT2D eigenvalue weighted by atomic mass is 16.3. The van der Waals surface area contributed by atoms with E-state index in [9.17, 15) is 9.90 Å². The first-order valence-electron chi connectivity index (χ1n) is 4.62. The van der Waals surface area contributed by atoms with Crippen LogP contribution in [0.1, 0.15) is 16.8 Å². The first-order chi connectivity index (χ1) is 7.15. The minimum atomic E-state index is -0.287. The van der Waals surface area contributed by atoms with Crippen molar-refractivity contribution in [2.75, 3.05) is 12.3 Å². The molecule has 15 heavy (non-hydrogen) atoms. The molecule has 80 valence electrons. The Morgan fingerprint density at radius 3 is 3.00 bits per heavy atom. The van der Waals surface area contributed by atoms with E-state index in [0.29, 0.717) is 24.2 Å². The predicted molar refractivity (Wildman–Crippen MR) is 59.7 cm³/mol. The molecule has 0 bridgehead atoms. The topological polar surface area (TPSA) is 75.3 Å². The van der Waals surface area contributed by atoms with Crippen molar-refractivity contribution < 1.29 is 9.90 Å². The number of hydrogen-bond acceptors (Lipinski definition) is 3. The summed E-state index contributed by atoms with van der Waals surface area (Å²) in [6, 6.07) is 4.28. The van der Waals surface area contributed by atoms with Crippen LogP contribution in [0.15, 0.2) is 30.9 Å². The third-order valence-corrected chi connectivity index (χ3v) is 1.92. The van der Waals surface area contributed by atoms with Gasteiger partial charge >= 0.3 is 0 Å². The van der Waals surface area contributed by atoms with E-state index in [1.54, 1.807) is 6.08 Å². The summed E-state index contributed by atoms with van der Waals surface area (Å²) in [5, 5.41) is 11.9. The van der Waals surface area contributed by atoms with Crippen LogP contribution in [-0.4, -0.2) is 17.6 Å². The van der Waals surface area contributed by atoms with Gasteiger partial charge in [-0.15, -0.1) is 6.58 Å². The number of benzene rings is 1. The predicted octanol–water partition coefficient (Wildman–Crippen LogP) is 1.28. The monoisotopic (exact) mass is 206 g/mol. The molecule has 4 heteroatoms. The molecule has 0 aliphatic rings. The first kappa shape index (κ1) is 11.1. The zero-order chi connectivity index (χ0) is 11.3. The minimum Gasteiger partial charge on any atom is -0.508 e. The highest BCUT2D eigenvalue weighted by Crippen LogP contribution is 2.17. The molecule has 0 saturated heterocycles. The van der Waals surface area contributed by atoms with Gasteiger partial charge in [-0.2, -0.15) is 0 Å². The van der Waals surface area contributed by atoms with E-state index in [0.717, 1.165) is 0 Å². The number of phenolic OH excluding ortho intramolecular Hbond substituents is 1. The third kappa shape index (κ3) is 3.02. The lowest BCUT2D eigenvalue weighted by atomic mass is 10.1. The van der Waals surface area contributed by atoms with E-state index >= 15 is 0 Å². The van der Waals surface area contributed by atoms with Crippen molar-refractivity contribution in [3.8, 4) is 5.75 Å². The number of aromatic hydroxyl groups is 1. The summed E-state index contributed by atoms with van der Waals surface area (Å²) in [6.07, 6.45) is 2.41. The van der Waals surface area contributed by atoms with E-state index in [-0.39, 0.29) is 11.7 Å². The number of nitrogens with one attached hydrogen (secondary N) is 1. The Balaban J connectivity index is 2.72. The average Bonchev–Trinajstić information content (AvgIpc) is 2.22. The van der Waals surface area contributed by atoms with Gasteiger partial charge in [-0.05, 0) is 24.6 Å². The number of nitrogen functional groups attached to an aromatic ring is 1. The first-order valence-corrected chi connectivity index (χ1v) is 4.62. The molecule has 0 unspecified atom stereocenters. The molecule has 4 N–H and O–H groups in total.